The Bertz CT molecular complexity index is 335. The molecule has 0 aromatic rings. The van der Waals surface area contributed by atoms with Crippen LogP contribution in [-0.4, -0.2) is 13.1 Å². The van der Waals surface area contributed by atoms with E-state index in [0.717, 1.165) is 6.42 Å². The molecule has 0 aromatic carbocycles. The number of rotatable bonds is 19. The van der Waals surface area contributed by atoms with Crippen molar-refractivity contribution in [3.8, 4) is 0 Å². The molecule has 0 spiro atoms. The van der Waals surface area contributed by atoms with E-state index in [1.807, 2.05) is 0 Å². The van der Waals surface area contributed by atoms with Gasteiger partial charge in [-0.05, 0) is 12.3 Å². The molecular formula is C24H46O2. The molecule has 1 unspecified atom stereocenters. The van der Waals surface area contributed by atoms with E-state index in [1.165, 1.54) is 110 Å². The summed E-state index contributed by atoms with van der Waals surface area (Å²) in [6.07, 6.45) is 22.2. The van der Waals surface area contributed by atoms with E-state index in [4.69, 9.17) is 4.74 Å². The van der Waals surface area contributed by atoms with Crippen LogP contribution in [0, 0.1) is 5.92 Å². The van der Waals surface area contributed by atoms with Gasteiger partial charge in [-0.25, -0.2) is 4.79 Å². The van der Waals surface area contributed by atoms with Gasteiger partial charge >= 0.3 is 5.97 Å². The number of ether oxygens (including phenoxy) is 1. The summed E-state index contributed by atoms with van der Waals surface area (Å²) in [5.74, 6) is 0.377. The number of unbranched alkanes of at least 4 members (excludes halogenated alkanes) is 12. The van der Waals surface area contributed by atoms with Crippen LogP contribution in [0.4, 0.5) is 0 Å². The van der Waals surface area contributed by atoms with Gasteiger partial charge in [0.15, 0.2) is 0 Å². The van der Waals surface area contributed by atoms with Crippen LogP contribution >= 0.6 is 0 Å². The molecule has 0 saturated heterocycles. The van der Waals surface area contributed by atoms with E-state index < -0.39 is 0 Å². The molecule has 0 aliphatic rings. The fourth-order valence-electron chi connectivity index (χ4n) is 3.70. The summed E-state index contributed by atoms with van der Waals surface area (Å²) in [5, 5.41) is 0. The van der Waals surface area contributed by atoms with Crippen LogP contribution in [0.25, 0.3) is 0 Å². The van der Waals surface area contributed by atoms with Gasteiger partial charge in [0.1, 0.15) is 0 Å². The third-order valence-electron chi connectivity index (χ3n) is 5.44. The SMILES string of the molecule is C=C(CC(CCCCCCCC)CCCCCCCCCC)C(=O)OC. The standard InChI is InChI=1S/C24H46O2/c1-5-7-9-11-13-14-16-18-20-23(21-22(3)24(25)26-4)19-17-15-12-10-8-6-2/h23H,3,5-21H2,1-2,4H3. The van der Waals surface area contributed by atoms with Crippen LogP contribution in [0.2, 0.25) is 0 Å². The van der Waals surface area contributed by atoms with Crippen molar-refractivity contribution in [2.45, 2.75) is 123 Å². The highest BCUT2D eigenvalue weighted by atomic mass is 16.5. The molecule has 0 amide bonds. The molecule has 0 aromatic heterocycles. The van der Waals surface area contributed by atoms with E-state index in [1.54, 1.807) is 0 Å². The lowest BCUT2D eigenvalue weighted by atomic mass is 9.89. The lowest BCUT2D eigenvalue weighted by molar-refractivity contribution is -0.136. The van der Waals surface area contributed by atoms with Crippen molar-refractivity contribution in [1.82, 2.24) is 0 Å². The second kappa shape index (κ2) is 19.0. The molecule has 0 radical (unpaired) electrons. The Labute approximate surface area is 164 Å². The third kappa shape index (κ3) is 15.5. The normalized spacial score (nSPS) is 12.1. The first-order valence-electron chi connectivity index (χ1n) is 11.4. The van der Waals surface area contributed by atoms with Gasteiger partial charge in [-0.3, -0.25) is 0 Å². The molecule has 2 heteroatoms. The van der Waals surface area contributed by atoms with Gasteiger partial charge < -0.3 is 4.74 Å². The first-order valence-corrected chi connectivity index (χ1v) is 11.4. The van der Waals surface area contributed by atoms with Crippen LogP contribution in [0.1, 0.15) is 123 Å². The van der Waals surface area contributed by atoms with Crippen molar-refractivity contribution in [3.63, 3.8) is 0 Å². The Kier molecular flexibility index (Phi) is 18.4. The highest BCUT2D eigenvalue weighted by Crippen LogP contribution is 2.25. The van der Waals surface area contributed by atoms with Crippen LogP contribution in [0.3, 0.4) is 0 Å². The number of carbonyl (C=O) groups is 1. The molecule has 26 heavy (non-hydrogen) atoms. The molecule has 0 fully saturated rings. The van der Waals surface area contributed by atoms with Crippen molar-refractivity contribution < 1.29 is 9.53 Å². The average Bonchev–Trinajstić information content (AvgIpc) is 2.65. The van der Waals surface area contributed by atoms with Crippen LogP contribution in [0.5, 0.6) is 0 Å². The summed E-state index contributed by atoms with van der Waals surface area (Å²) in [7, 11) is 1.45. The second-order valence-electron chi connectivity index (χ2n) is 7.99. The zero-order chi connectivity index (χ0) is 19.5. The van der Waals surface area contributed by atoms with Gasteiger partial charge in [0.25, 0.3) is 0 Å². The fourth-order valence-corrected chi connectivity index (χ4v) is 3.70. The van der Waals surface area contributed by atoms with E-state index in [2.05, 4.69) is 20.4 Å². The smallest absolute Gasteiger partial charge is 0.333 e. The largest absolute Gasteiger partial charge is 0.466 e. The molecule has 0 aliphatic heterocycles. The van der Waals surface area contributed by atoms with Gasteiger partial charge in [0, 0.05) is 5.57 Å². The van der Waals surface area contributed by atoms with Crippen molar-refractivity contribution >= 4 is 5.97 Å². The summed E-state index contributed by atoms with van der Waals surface area (Å²) in [6.45, 7) is 8.48. The van der Waals surface area contributed by atoms with Crippen LogP contribution < -0.4 is 0 Å². The topological polar surface area (TPSA) is 26.3 Å². The fraction of sp³-hybridized carbons (Fsp3) is 0.875. The highest BCUT2D eigenvalue weighted by molar-refractivity contribution is 5.87. The van der Waals surface area contributed by atoms with Crippen molar-refractivity contribution in [2.24, 2.45) is 5.92 Å². The van der Waals surface area contributed by atoms with Gasteiger partial charge in [-0.1, -0.05) is 123 Å². The number of hydrogen-bond acceptors (Lipinski definition) is 2. The zero-order valence-electron chi connectivity index (χ0n) is 18.1. The lowest BCUT2D eigenvalue weighted by Gasteiger charge is -2.17. The highest BCUT2D eigenvalue weighted by Gasteiger charge is 2.15. The maximum Gasteiger partial charge on any atom is 0.333 e. The quantitative estimate of drug-likeness (QED) is 0.131. The van der Waals surface area contributed by atoms with E-state index in [9.17, 15) is 4.79 Å². The minimum Gasteiger partial charge on any atom is -0.466 e. The summed E-state index contributed by atoms with van der Waals surface area (Å²) >= 11 is 0. The Hall–Kier alpha value is -0.790. The predicted molar refractivity (Wildman–Crippen MR) is 114 cm³/mol. The van der Waals surface area contributed by atoms with Crippen molar-refractivity contribution in [2.75, 3.05) is 7.11 Å². The first-order chi connectivity index (χ1) is 12.7. The first kappa shape index (κ1) is 25.2. The maximum absolute atomic E-state index is 11.7. The Morgan fingerprint density at radius 3 is 1.50 bits per heavy atom. The minimum atomic E-state index is -0.228. The van der Waals surface area contributed by atoms with Gasteiger partial charge in [0.2, 0.25) is 0 Å². The zero-order valence-corrected chi connectivity index (χ0v) is 18.1. The average molecular weight is 367 g/mol. The van der Waals surface area contributed by atoms with Gasteiger partial charge in [-0.2, -0.15) is 0 Å². The molecule has 2 nitrogen and oxygen atoms in total. The Balaban J connectivity index is 3.99. The van der Waals surface area contributed by atoms with Gasteiger partial charge in [-0.15, -0.1) is 0 Å². The lowest BCUT2D eigenvalue weighted by Crippen LogP contribution is -2.10. The molecular weight excluding hydrogens is 320 g/mol. The number of carbonyl (C=O) groups excluding carboxylic acids is 1. The molecule has 0 bridgehead atoms. The Morgan fingerprint density at radius 2 is 1.12 bits per heavy atom. The molecule has 0 saturated carbocycles. The van der Waals surface area contributed by atoms with E-state index in [-0.39, 0.29) is 5.97 Å². The summed E-state index contributed by atoms with van der Waals surface area (Å²) in [6, 6.07) is 0. The molecule has 154 valence electrons. The molecule has 0 aliphatic carbocycles. The molecule has 1 atom stereocenters. The van der Waals surface area contributed by atoms with E-state index in [0.29, 0.717) is 11.5 Å². The van der Waals surface area contributed by atoms with Crippen LogP contribution in [-0.2, 0) is 9.53 Å². The summed E-state index contributed by atoms with van der Waals surface area (Å²) in [4.78, 5) is 11.7. The molecule has 0 N–H and O–H groups in total. The van der Waals surface area contributed by atoms with Crippen LogP contribution in [0.15, 0.2) is 12.2 Å². The van der Waals surface area contributed by atoms with Gasteiger partial charge in [0.05, 0.1) is 7.11 Å². The maximum atomic E-state index is 11.7. The van der Waals surface area contributed by atoms with E-state index >= 15 is 0 Å². The predicted octanol–water partition coefficient (Wildman–Crippen LogP) is 8.00. The number of methoxy groups -OCH3 is 1. The number of esters is 1. The summed E-state index contributed by atoms with van der Waals surface area (Å²) < 4.78 is 4.83. The minimum absolute atomic E-state index is 0.228. The monoisotopic (exact) mass is 366 g/mol. The van der Waals surface area contributed by atoms with Crippen molar-refractivity contribution in [1.29, 1.82) is 0 Å². The third-order valence-corrected chi connectivity index (χ3v) is 5.44. The number of hydrogen-bond donors (Lipinski definition) is 0. The van der Waals surface area contributed by atoms with Crippen molar-refractivity contribution in [3.05, 3.63) is 12.2 Å². The Morgan fingerprint density at radius 1 is 0.731 bits per heavy atom. The second-order valence-corrected chi connectivity index (χ2v) is 7.99. The summed E-state index contributed by atoms with van der Waals surface area (Å²) in [5.41, 5.74) is 0.656. The molecule has 0 rings (SSSR count). The molecule has 0 heterocycles.